The molecule has 0 radical (unpaired) electrons. The Kier molecular flexibility index (Phi) is 4.93. The molecule has 26 heavy (non-hydrogen) atoms. The lowest BCUT2D eigenvalue weighted by atomic mass is 9.98. The van der Waals surface area contributed by atoms with Gasteiger partial charge in [-0.1, -0.05) is 12.1 Å². The molecule has 0 spiro atoms. The molecule has 0 unspecified atom stereocenters. The molecule has 134 valence electrons. The van der Waals surface area contributed by atoms with E-state index in [-0.39, 0.29) is 22.4 Å². The second kappa shape index (κ2) is 7.15. The first kappa shape index (κ1) is 17.9. The molecule has 0 fully saturated rings. The van der Waals surface area contributed by atoms with Crippen molar-refractivity contribution in [3.05, 3.63) is 71.6 Å². The number of ether oxygens (including phenoxy) is 1. The fourth-order valence-electron chi connectivity index (χ4n) is 2.74. The van der Waals surface area contributed by atoms with Crippen molar-refractivity contribution >= 4 is 16.8 Å². The van der Waals surface area contributed by atoms with Gasteiger partial charge in [0.2, 0.25) is 0 Å². The summed E-state index contributed by atoms with van der Waals surface area (Å²) >= 11 is 0. The van der Waals surface area contributed by atoms with Gasteiger partial charge in [0, 0.05) is 23.1 Å². The predicted molar refractivity (Wildman–Crippen MR) is 90.6 cm³/mol. The average Bonchev–Trinajstić information content (AvgIpc) is 2.58. The molecule has 0 N–H and O–H groups in total. The Bertz CT molecular complexity index is 1010. The Morgan fingerprint density at radius 2 is 1.73 bits per heavy atom. The van der Waals surface area contributed by atoms with Crippen LogP contribution >= 0.6 is 0 Å². The molecule has 1 nitrogen and oxygen atoms in total. The highest BCUT2D eigenvalue weighted by molar-refractivity contribution is 5.90. The molecular weight excluding hydrogens is 351 g/mol. The fraction of sp³-hybridized carbons (Fsp3) is 0.100. The second-order valence-electron chi connectivity index (χ2n) is 5.53. The molecule has 0 atom stereocenters. The number of hydrogen-bond acceptors (Lipinski definition) is 1. The van der Waals surface area contributed by atoms with Gasteiger partial charge in [0.25, 0.3) is 6.08 Å². The molecule has 0 aliphatic rings. The van der Waals surface area contributed by atoms with Crippen LogP contribution in [0.25, 0.3) is 28.0 Å². The molecule has 6 heteroatoms. The first-order valence-corrected chi connectivity index (χ1v) is 7.78. The van der Waals surface area contributed by atoms with Crippen LogP contribution in [-0.4, -0.2) is 6.61 Å². The zero-order chi connectivity index (χ0) is 18.8. The van der Waals surface area contributed by atoms with Crippen molar-refractivity contribution in [2.45, 2.75) is 6.92 Å². The largest absolute Gasteiger partial charge is 0.494 e. The maximum Gasteiger partial charge on any atom is 0.271 e. The first-order valence-electron chi connectivity index (χ1n) is 7.78. The average molecular weight is 364 g/mol. The van der Waals surface area contributed by atoms with Crippen molar-refractivity contribution in [1.82, 2.24) is 0 Å². The lowest BCUT2D eigenvalue weighted by Crippen LogP contribution is -1.94. The minimum Gasteiger partial charge on any atom is -0.494 e. The zero-order valence-electron chi connectivity index (χ0n) is 13.6. The molecule has 0 aliphatic carbocycles. The van der Waals surface area contributed by atoms with E-state index in [1.807, 2.05) is 0 Å². The van der Waals surface area contributed by atoms with Crippen LogP contribution in [0.15, 0.2) is 48.5 Å². The molecular formula is C20H13F5O. The molecule has 0 heterocycles. The smallest absolute Gasteiger partial charge is 0.271 e. The monoisotopic (exact) mass is 364 g/mol. The first-order chi connectivity index (χ1) is 12.4. The summed E-state index contributed by atoms with van der Waals surface area (Å²) in [5, 5.41) is 0.108. The normalized spacial score (nSPS) is 10.8. The van der Waals surface area contributed by atoms with E-state index in [1.54, 1.807) is 13.0 Å². The van der Waals surface area contributed by atoms with E-state index in [0.29, 0.717) is 17.9 Å². The maximum atomic E-state index is 14.3. The predicted octanol–water partition coefficient (Wildman–Crippen LogP) is 6.56. The van der Waals surface area contributed by atoms with Gasteiger partial charge in [-0.25, -0.2) is 13.2 Å². The zero-order valence-corrected chi connectivity index (χ0v) is 13.6. The molecule has 3 aromatic rings. The van der Waals surface area contributed by atoms with E-state index in [0.717, 1.165) is 6.07 Å². The van der Waals surface area contributed by atoms with Crippen LogP contribution < -0.4 is 4.74 Å². The Balaban J connectivity index is 2.12. The Hall–Kier alpha value is -2.89. The summed E-state index contributed by atoms with van der Waals surface area (Å²) in [6.45, 7) is 2.17. The van der Waals surface area contributed by atoms with Crippen molar-refractivity contribution in [1.29, 1.82) is 0 Å². The summed E-state index contributed by atoms with van der Waals surface area (Å²) in [5.74, 6) is -2.38. The number of benzene rings is 3. The van der Waals surface area contributed by atoms with Crippen LogP contribution in [-0.2, 0) is 0 Å². The molecule has 3 aromatic carbocycles. The van der Waals surface area contributed by atoms with Crippen molar-refractivity contribution in [3.63, 3.8) is 0 Å². The highest BCUT2D eigenvalue weighted by Gasteiger charge is 2.15. The van der Waals surface area contributed by atoms with Crippen molar-refractivity contribution in [2.24, 2.45) is 0 Å². The van der Waals surface area contributed by atoms with E-state index < -0.39 is 29.1 Å². The SMILES string of the molecule is CCOc1ccc(-c2ccc3c(F)c(C=C(F)F)c(F)cc3c2)c(F)c1. The lowest BCUT2D eigenvalue weighted by molar-refractivity contribution is 0.338. The number of halogens is 5. The van der Waals surface area contributed by atoms with Gasteiger partial charge in [-0.15, -0.1) is 0 Å². The number of rotatable bonds is 4. The van der Waals surface area contributed by atoms with Crippen LogP contribution in [0.2, 0.25) is 0 Å². The lowest BCUT2D eigenvalue weighted by Gasteiger charge is -2.10. The maximum absolute atomic E-state index is 14.3. The number of fused-ring (bicyclic) bond motifs is 1. The van der Waals surface area contributed by atoms with Crippen LogP contribution in [0.3, 0.4) is 0 Å². The van der Waals surface area contributed by atoms with E-state index in [4.69, 9.17) is 4.74 Å². The van der Waals surface area contributed by atoms with Crippen molar-refractivity contribution in [3.8, 4) is 16.9 Å². The minimum atomic E-state index is -2.20. The van der Waals surface area contributed by atoms with Crippen LogP contribution in [0.4, 0.5) is 22.0 Å². The molecule has 0 amide bonds. The fourth-order valence-corrected chi connectivity index (χ4v) is 2.74. The Labute approximate surface area is 146 Å². The van der Waals surface area contributed by atoms with Gasteiger partial charge < -0.3 is 4.74 Å². The van der Waals surface area contributed by atoms with Crippen molar-refractivity contribution in [2.75, 3.05) is 6.61 Å². The van der Waals surface area contributed by atoms with Gasteiger partial charge in [-0.2, -0.15) is 8.78 Å². The molecule has 0 bridgehead atoms. The number of hydrogen-bond donors (Lipinski definition) is 0. The second-order valence-corrected chi connectivity index (χ2v) is 5.53. The van der Waals surface area contributed by atoms with Crippen LogP contribution in [0, 0.1) is 17.5 Å². The minimum absolute atomic E-state index is 0.0333. The standard InChI is InChI=1S/C20H13F5O/c1-2-26-13-4-6-14(18(22)9-13)11-3-5-15-12(7-11)8-17(21)16(20(15)25)10-19(23)24/h3-10H,2H2,1H3. The summed E-state index contributed by atoms with van der Waals surface area (Å²) in [7, 11) is 0. The van der Waals surface area contributed by atoms with E-state index in [1.165, 1.54) is 30.3 Å². The van der Waals surface area contributed by atoms with Gasteiger partial charge in [0.05, 0.1) is 12.2 Å². The van der Waals surface area contributed by atoms with E-state index in [2.05, 4.69) is 0 Å². The van der Waals surface area contributed by atoms with Gasteiger partial charge in [0.15, 0.2) is 0 Å². The van der Waals surface area contributed by atoms with Gasteiger partial charge in [-0.05, 0) is 42.1 Å². The van der Waals surface area contributed by atoms with Crippen LogP contribution in [0.5, 0.6) is 5.75 Å². The van der Waals surface area contributed by atoms with E-state index >= 15 is 0 Å². The molecule has 3 rings (SSSR count). The van der Waals surface area contributed by atoms with Gasteiger partial charge in [0.1, 0.15) is 23.2 Å². The molecule has 0 saturated heterocycles. The highest BCUT2D eigenvalue weighted by Crippen LogP contribution is 2.32. The quantitative estimate of drug-likeness (QED) is 0.476. The summed E-state index contributed by atoms with van der Waals surface area (Å²) in [6, 6.07) is 9.42. The summed E-state index contributed by atoms with van der Waals surface area (Å²) in [6.07, 6.45) is -2.06. The molecule has 0 aliphatic heterocycles. The summed E-state index contributed by atoms with van der Waals surface area (Å²) in [4.78, 5) is 0. The molecule has 0 saturated carbocycles. The third kappa shape index (κ3) is 3.40. The third-order valence-electron chi connectivity index (χ3n) is 3.88. The van der Waals surface area contributed by atoms with Crippen LogP contribution in [0.1, 0.15) is 12.5 Å². The summed E-state index contributed by atoms with van der Waals surface area (Å²) in [5.41, 5.74) is -0.177. The molecule has 0 aromatic heterocycles. The van der Waals surface area contributed by atoms with E-state index in [9.17, 15) is 22.0 Å². The Morgan fingerprint density at radius 1 is 0.962 bits per heavy atom. The Morgan fingerprint density at radius 3 is 2.38 bits per heavy atom. The topological polar surface area (TPSA) is 9.23 Å². The van der Waals surface area contributed by atoms with Gasteiger partial charge in [-0.3, -0.25) is 0 Å². The van der Waals surface area contributed by atoms with Gasteiger partial charge >= 0.3 is 0 Å². The summed E-state index contributed by atoms with van der Waals surface area (Å²) < 4.78 is 72.6. The third-order valence-corrected chi connectivity index (χ3v) is 3.88. The van der Waals surface area contributed by atoms with Crippen molar-refractivity contribution < 1.29 is 26.7 Å². The highest BCUT2D eigenvalue weighted by atomic mass is 19.3.